The van der Waals surface area contributed by atoms with E-state index in [4.69, 9.17) is 5.11 Å². The van der Waals surface area contributed by atoms with Crippen molar-refractivity contribution in [2.45, 2.75) is 19.4 Å². The van der Waals surface area contributed by atoms with Crippen LogP contribution in [0.4, 0.5) is 0 Å². The highest BCUT2D eigenvalue weighted by molar-refractivity contribution is 7.17. The Balaban J connectivity index is 2.33. The molecule has 2 rings (SSSR count). The lowest BCUT2D eigenvalue weighted by atomic mass is 10.1. The standard InChI is InChI=1S/C12H12O2S/c1-8(13)11(14)6-9-7-15-12-5-3-2-4-10(9)12/h2-5,7-8,13H,6H2,1H3. The molecule has 0 fully saturated rings. The number of aliphatic hydroxyl groups excluding tert-OH is 1. The Morgan fingerprint density at radius 3 is 2.93 bits per heavy atom. The van der Waals surface area contributed by atoms with Gasteiger partial charge in [-0.1, -0.05) is 18.2 Å². The molecule has 0 bridgehead atoms. The maximum atomic E-state index is 11.4. The molecule has 0 spiro atoms. The summed E-state index contributed by atoms with van der Waals surface area (Å²) in [6.07, 6.45) is -0.550. The number of rotatable bonds is 3. The van der Waals surface area contributed by atoms with Crippen LogP contribution >= 0.6 is 11.3 Å². The summed E-state index contributed by atoms with van der Waals surface area (Å²) in [5.41, 5.74) is 1.02. The van der Waals surface area contributed by atoms with Gasteiger partial charge in [-0.25, -0.2) is 0 Å². The SMILES string of the molecule is CC(O)C(=O)Cc1csc2ccccc12. The van der Waals surface area contributed by atoms with Crippen LogP contribution in [-0.2, 0) is 11.2 Å². The number of benzene rings is 1. The van der Waals surface area contributed by atoms with Gasteiger partial charge in [0.25, 0.3) is 0 Å². The average Bonchev–Trinajstić information content (AvgIpc) is 2.62. The number of hydrogen-bond donors (Lipinski definition) is 1. The van der Waals surface area contributed by atoms with Crippen molar-refractivity contribution < 1.29 is 9.90 Å². The van der Waals surface area contributed by atoms with Gasteiger partial charge >= 0.3 is 0 Å². The number of carbonyl (C=O) groups is 1. The van der Waals surface area contributed by atoms with Crippen molar-refractivity contribution in [3.63, 3.8) is 0 Å². The van der Waals surface area contributed by atoms with E-state index in [0.717, 1.165) is 10.9 Å². The smallest absolute Gasteiger partial charge is 0.165 e. The van der Waals surface area contributed by atoms with E-state index in [1.807, 2.05) is 29.6 Å². The fourth-order valence-corrected chi connectivity index (χ4v) is 2.47. The molecule has 0 amide bonds. The van der Waals surface area contributed by atoms with Gasteiger partial charge in [-0.3, -0.25) is 4.79 Å². The molecule has 15 heavy (non-hydrogen) atoms. The van der Waals surface area contributed by atoms with Crippen LogP contribution < -0.4 is 0 Å². The van der Waals surface area contributed by atoms with Crippen molar-refractivity contribution in [3.8, 4) is 0 Å². The minimum Gasteiger partial charge on any atom is -0.386 e. The van der Waals surface area contributed by atoms with Gasteiger partial charge in [0, 0.05) is 11.1 Å². The van der Waals surface area contributed by atoms with Crippen LogP contribution in [0.15, 0.2) is 29.6 Å². The largest absolute Gasteiger partial charge is 0.386 e. The number of thiophene rings is 1. The molecular weight excluding hydrogens is 208 g/mol. The summed E-state index contributed by atoms with van der Waals surface area (Å²) in [6, 6.07) is 8.00. The number of fused-ring (bicyclic) bond motifs is 1. The molecule has 0 saturated heterocycles. The summed E-state index contributed by atoms with van der Waals surface area (Å²) in [4.78, 5) is 11.4. The van der Waals surface area contributed by atoms with Gasteiger partial charge in [0.2, 0.25) is 0 Å². The Labute approximate surface area is 92.2 Å². The molecule has 0 aliphatic rings. The zero-order valence-electron chi connectivity index (χ0n) is 8.43. The Morgan fingerprint density at radius 2 is 2.20 bits per heavy atom. The lowest BCUT2D eigenvalue weighted by Gasteiger charge is -2.02. The minimum atomic E-state index is -0.872. The fourth-order valence-electron chi connectivity index (χ4n) is 1.51. The van der Waals surface area contributed by atoms with Crippen LogP contribution in [0, 0.1) is 0 Å². The molecule has 1 N–H and O–H groups in total. The van der Waals surface area contributed by atoms with E-state index >= 15 is 0 Å². The lowest BCUT2D eigenvalue weighted by Crippen LogP contribution is -2.17. The molecule has 3 heteroatoms. The summed E-state index contributed by atoms with van der Waals surface area (Å²) < 4.78 is 1.19. The van der Waals surface area contributed by atoms with Crippen LogP contribution in [0.5, 0.6) is 0 Å². The van der Waals surface area contributed by atoms with Crippen molar-refractivity contribution in [2.24, 2.45) is 0 Å². The minimum absolute atomic E-state index is 0.126. The van der Waals surface area contributed by atoms with E-state index in [-0.39, 0.29) is 5.78 Å². The third-order valence-corrected chi connectivity index (χ3v) is 3.40. The summed E-state index contributed by atoms with van der Waals surface area (Å²) in [6.45, 7) is 1.51. The summed E-state index contributed by atoms with van der Waals surface area (Å²) in [5.74, 6) is -0.126. The lowest BCUT2D eigenvalue weighted by molar-refractivity contribution is -0.125. The van der Waals surface area contributed by atoms with Crippen LogP contribution in [0.1, 0.15) is 12.5 Å². The first-order valence-corrected chi connectivity index (χ1v) is 5.72. The Hall–Kier alpha value is -1.19. The highest BCUT2D eigenvalue weighted by Gasteiger charge is 2.12. The van der Waals surface area contributed by atoms with E-state index in [1.165, 1.54) is 11.6 Å². The van der Waals surface area contributed by atoms with E-state index in [0.29, 0.717) is 6.42 Å². The highest BCUT2D eigenvalue weighted by Crippen LogP contribution is 2.26. The van der Waals surface area contributed by atoms with Crippen LogP contribution in [0.3, 0.4) is 0 Å². The molecule has 1 atom stereocenters. The molecule has 0 aliphatic carbocycles. The topological polar surface area (TPSA) is 37.3 Å². The van der Waals surface area contributed by atoms with Gasteiger partial charge in [-0.05, 0) is 29.3 Å². The molecule has 0 saturated carbocycles. The predicted molar refractivity (Wildman–Crippen MR) is 62.2 cm³/mol. The molecule has 1 aromatic carbocycles. The van der Waals surface area contributed by atoms with Crippen molar-refractivity contribution in [1.82, 2.24) is 0 Å². The molecule has 2 aromatic rings. The van der Waals surface area contributed by atoms with Gasteiger partial charge in [0.05, 0.1) is 0 Å². The van der Waals surface area contributed by atoms with Gasteiger partial charge in [-0.15, -0.1) is 11.3 Å². The maximum absolute atomic E-state index is 11.4. The molecule has 0 aliphatic heterocycles. The molecular formula is C12H12O2S. The summed E-state index contributed by atoms with van der Waals surface area (Å²) >= 11 is 1.63. The van der Waals surface area contributed by atoms with E-state index in [9.17, 15) is 4.79 Å². The van der Waals surface area contributed by atoms with Crippen LogP contribution in [0.25, 0.3) is 10.1 Å². The quantitative estimate of drug-likeness (QED) is 0.862. The van der Waals surface area contributed by atoms with Gasteiger partial charge in [-0.2, -0.15) is 0 Å². The molecule has 1 aromatic heterocycles. The molecule has 78 valence electrons. The van der Waals surface area contributed by atoms with Crippen molar-refractivity contribution in [3.05, 3.63) is 35.2 Å². The number of hydrogen-bond acceptors (Lipinski definition) is 3. The molecule has 1 unspecified atom stereocenters. The first kappa shape index (κ1) is 10.3. The van der Waals surface area contributed by atoms with E-state index in [2.05, 4.69) is 0 Å². The Morgan fingerprint density at radius 1 is 1.47 bits per heavy atom. The van der Waals surface area contributed by atoms with Gasteiger partial charge < -0.3 is 5.11 Å². The van der Waals surface area contributed by atoms with Crippen molar-refractivity contribution >= 4 is 27.2 Å². The van der Waals surface area contributed by atoms with Crippen molar-refractivity contribution in [1.29, 1.82) is 0 Å². The highest BCUT2D eigenvalue weighted by atomic mass is 32.1. The second-order valence-corrected chi connectivity index (χ2v) is 4.49. The summed E-state index contributed by atoms with van der Waals surface area (Å²) in [5, 5.41) is 12.3. The first-order valence-electron chi connectivity index (χ1n) is 4.84. The first-order chi connectivity index (χ1) is 7.18. The number of aliphatic hydroxyl groups is 1. The third kappa shape index (κ3) is 2.08. The number of Topliss-reactive ketones (excluding diaryl/α,β-unsaturated/α-hetero) is 1. The van der Waals surface area contributed by atoms with Gasteiger partial charge in [0.15, 0.2) is 5.78 Å². The zero-order valence-corrected chi connectivity index (χ0v) is 9.25. The second-order valence-electron chi connectivity index (χ2n) is 3.58. The molecule has 0 radical (unpaired) electrons. The molecule has 1 heterocycles. The Kier molecular flexibility index (Phi) is 2.84. The monoisotopic (exact) mass is 220 g/mol. The maximum Gasteiger partial charge on any atom is 0.165 e. The van der Waals surface area contributed by atoms with Crippen LogP contribution in [-0.4, -0.2) is 17.0 Å². The predicted octanol–water partition coefficient (Wildman–Crippen LogP) is 2.39. The van der Waals surface area contributed by atoms with Crippen molar-refractivity contribution in [2.75, 3.05) is 0 Å². The second kappa shape index (κ2) is 4.13. The normalized spacial score (nSPS) is 12.9. The van der Waals surface area contributed by atoms with E-state index < -0.39 is 6.10 Å². The fraction of sp³-hybridized carbons (Fsp3) is 0.250. The number of carbonyl (C=O) groups excluding carboxylic acids is 1. The molecule has 2 nitrogen and oxygen atoms in total. The average molecular weight is 220 g/mol. The number of ketones is 1. The third-order valence-electron chi connectivity index (χ3n) is 2.39. The van der Waals surface area contributed by atoms with E-state index in [1.54, 1.807) is 11.3 Å². The van der Waals surface area contributed by atoms with Crippen LogP contribution in [0.2, 0.25) is 0 Å². The van der Waals surface area contributed by atoms with Gasteiger partial charge in [0.1, 0.15) is 6.10 Å². The summed E-state index contributed by atoms with van der Waals surface area (Å²) in [7, 11) is 0. The Bertz CT molecular complexity index is 485. The zero-order chi connectivity index (χ0) is 10.8.